The van der Waals surface area contributed by atoms with Gasteiger partial charge in [-0.2, -0.15) is 0 Å². The minimum Gasteiger partial charge on any atom is -0.479 e. The van der Waals surface area contributed by atoms with Crippen molar-refractivity contribution in [1.29, 1.82) is 0 Å². The van der Waals surface area contributed by atoms with E-state index in [0.29, 0.717) is 29.4 Å². The minimum absolute atomic E-state index is 0.156. The van der Waals surface area contributed by atoms with Crippen molar-refractivity contribution in [2.24, 2.45) is 5.92 Å². The summed E-state index contributed by atoms with van der Waals surface area (Å²) in [5.74, 6) is 2.26. The predicted molar refractivity (Wildman–Crippen MR) is 122 cm³/mol. The predicted octanol–water partition coefficient (Wildman–Crippen LogP) is 2.62. The standard InChI is InChI=1S/C23H28N6O3/c1-32-22-21-17(8-9-24-22)4-7-20(29-21)28-18-5-2-15(3-6-18)11-25-23-26-12-16(13-27-23)10-19(31)14-30/h4,7-9,12-13,15,18,30H,2-3,5-6,10-11,14H2,1H3,(H,28,29)(H,25,26,27). The summed E-state index contributed by atoms with van der Waals surface area (Å²) in [5, 5.41) is 16.7. The highest BCUT2D eigenvalue weighted by Gasteiger charge is 2.21. The highest BCUT2D eigenvalue weighted by molar-refractivity contribution is 5.84. The molecule has 0 aliphatic heterocycles. The molecular weight excluding hydrogens is 408 g/mol. The molecule has 1 aliphatic carbocycles. The smallest absolute Gasteiger partial charge is 0.240 e. The van der Waals surface area contributed by atoms with Crippen LogP contribution in [-0.4, -0.2) is 57.1 Å². The van der Waals surface area contributed by atoms with E-state index in [1.165, 1.54) is 0 Å². The average molecular weight is 437 g/mol. The molecule has 3 N–H and O–H groups in total. The second-order valence-electron chi connectivity index (χ2n) is 8.12. The number of hydrogen-bond donors (Lipinski definition) is 3. The van der Waals surface area contributed by atoms with E-state index in [2.05, 4.69) is 25.6 Å². The maximum absolute atomic E-state index is 11.3. The van der Waals surface area contributed by atoms with Crippen LogP contribution in [0.5, 0.6) is 5.88 Å². The SMILES string of the molecule is COc1nccc2ccc(NC3CCC(CNc4ncc(CC(=O)CO)cn4)CC3)nc12. The zero-order chi connectivity index (χ0) is 22.3. The third-order valence-electron chi connectivity index (χ3n) is 5.80. The highest BCUT2D eigenvalue weighted by Crippen LogP contribution is 2.28. The number of aliphatic hydroxyl groups excluding tert-OH is 1. The zero-order valence-corrected chi connectivity index (χ0v) is 18.1. The van der Waals surface area contributed by atoms with E-state index in [0.717, 1.165) is 48.9 Å². The lowest BCUT2D eigenvalue weighted by molar-refractivity contribution is -0.121. The molecule has 0 bridgehead atoms. The fourth-order valence-corrected chi connectivity index (χ4v) is 4.03. The molecule has 0 unspecified atom stereocenters. The lowest BCUT2D eigenvalue weighted by Gasteiger charge is -2.29. The Morgan fingerprint density at radius 1 is 1.12 bits per heavy atom. The molecule has 9 heteroatoms. The number of carbonyl (C=O) groups excluding carboxylic acids is 1. The van der Waals surface area contributed by atoms with Gasteiger partial charge in [0.05, 0.1) is 7.11 Å². The van der Waals surface area contributed by atoms with E-state index in [1.807, 2.05) is 18.2 Å². The first-order valence-electron chi connectivity index (χ1n) is 10.9. The molecule has 0 spiro atoms. The topological polar surface area (TPSA) is 122 Å². The monoisotopic (exact) mass is 436 g/mol. The number of ether oxygens (including phenoxy) is 1. The number of Topliss-reactive ketones (excluding diaryl/α,β-unsaturated/α-hetero) is 1. The van der Waals surface area contributed by atoms with Crippen molar-refractivity contribution in [2.45, 2.75) is 38.1 Å². The number of nitrogens with zero attached hydrogens (tertiary/aromatic N) is 4. The summed E-state index contributed by atoms with van der Waals surface area (Å²) < 4.78 is 5.33. The Balaban J connectivity index is 1.25. The number of ketones is 1. The molecule has 0 saturated heterocycles. The van der Waals surface area contributed by atoms with Gasteiger partial charge in [-0.25, -0.2) is 19.9 Å². The molecule has 32 heavy (non-hydrogen) atoms. The van der Waals surface area contributed by atoms with Crippen LogP contribution in [-0.2, 0) is 11.2 Å². The highest BCUT2D eigenvalue weighted by atomic mass is 16.5. The van der Waals surface area contributed by atoms with Gasteiger partial charge in [-0.05, 0) is 55.4 Å². The quantitative estimate of drug-likeness (QED) is 0.464. The normalized spacial score (nSPS) is 18.3. The third-order valence-corrected chi connectivity index (χ3v) is 5.80. The molecule has 0 atom stereocenters. The first-order valence-corrected chi connectivity index (χ1v) is 10.9. The summed E-state index contributed by atoms with van der Waals surface area (Å²) >= 11 is 0. The number of aliphatic hydroxyl groups is 1. The Labute approximate surface area is 186 Å². The molecule has 0 aromatic carbocycles. The third kappa shape index (κ3) is 5.47. The summed E-state index contributed by atoms with van der Waals surface area (Å²) in [5.41, 5.74) is 1.47. The van der Waals surface area contributed by atoms with Gasteiger partial charge < -0.3 is 20.5 Å². The van der Waals surface area contributed by atoms with Crippen LogP contribution in [0.4, 0.5) is 11.8 Å². The number of pyridine rings is 2. The van der Waals surface area contributed by atoms with Crippen molar-refractivity contribution in [3.63, 3.8) is 0 Å². The van der Waals surface area contributed by atoms with Gasteiger partial charge in [0.1, 0.15) is 17.9 Å². The number of anilines is 2. The number of methoxy groups -OCH3 is 1. The van der Waals surface area contributed by atoms with Gasteiger partial charge in [0.25, 0.3) is 0 Å². The minimum atomic E-state index is -0.458. The van der Waals surface area contributed by atoms with Crippen LogP contribution in [0.15, 0.2) is 36.8 Å². The van der Waals surface area contributed by atoms with Crippen LogP contribution in [0.25, 0.3) is 10.9 Å². The zero-order valence-electron chi connectivity index (χ0n) is 18.1. The van der Waals surface area contributed by atoms with Gasteiger partial charge >= 0.3 is 0 Å². The molecule has 1 aliphatic rings. The van der Waals surface area contributed by atoms with Crippen molar-refractivity contribution in [3.05, 3.63) is 42.4 Å². The van der Waals surface area contributed by atoms with Crippen LogP contribution < -0.4 is 15.4 Å². The maximum atomic E-state index is 11.3. The van der Waals surface area contributed by atoms with Gasteiger partial charge in [-0.1, -0.05) is 0 Å². The van der Waals surface area contributed by atoms with Crippen LogP contribution >= 0.6 is 0 Å². The van der Waals surface area contributed by atoms with Gasteiger partial charge in [0.2, 0.25) is 11.8 Å². The van der Waals surface area contributed by atoms with E-state index < -0.39 is 6.61 Å². The molecule has 3 aromatic heterocycles. The fourth-order valence-electron chi connectivity index (χ4n) is 4.03. The molecule has 4 rings (SSSR count). The number of fused-ring (bicyclic) bond motifs is 1. The summed E-state index contributed by atoms with van der Waals surface area (Å²) in [6.45, 7) is 0.360. The number of rotatable bonds is 9. The number of carbonyl (C=O) groups is 1. The van der Waals surface area contributed by atoms with E-state index in [4.69, 9.17) is 14.8 Å². The Kier molecular flexibility index (Phi) is 7.06. The summed E-state index contributed by atoms with van der Waals surface area (Å²) in [4.78, 5) is 28.8. The van der Waals surface area contributed by atoms with E-state index in [9.17, 15) is 4.79 Å². The summed E-state index contributed by atoms with van der Waals surface area (Å²) in [6.07, 6.45) is 9.48. The van der Waals surface area contributed by atoms with Crippen LogP contribution in [0.2, 0.25) is 0 Å². The van der Waals surface area contributed by atoms with Crippen molar-refractivity contribution < 1.29 is 14.6 Å². The van der Waals surface area contributed by atoms with Crippen molar-refractivity contribution in [2.75, 3.05) is 30.9 Å². The van der Waals surface area contributed by atoms with Crippen LogP contribution in [0.3, 0.4) is 0 Å². The van der Waals surface area contributed by atoms with E-state index in [-0.39, 0.29) is 12.2 Å². The van der Waals surface area contributed by atoms with Gasteiger partial charge in [0.15, 0.2) is 5.78 Å². The Morgan fingerprint density at radius 3 is 2.62 bits per heavy atom. The van der Waals surface area contributed by atoms with Crippen LogP contribution in [0, 0.1) is 5.92 Å². The number of hydrogen-bond acceptors (Lipinski definition) is 9. The second-order valence-corrected chi connectivity index (χ2v) is 8.12. The summed E-state index contributed by atoms with van der Waals surface area (Å²) in [7, 11) is 1.61. The Hall–Kier alpha value is -3.33. The molecule has 0 amide bonds. The van der Waals surface area contributed by atoms with Gasteiger partial charge in [-0.3, -0.25) is 4.79 Å². The number of nitrogens with one attached hydrogen (secondary N) is 2. The molecule has 3 heterocycles. The number of aromatic nitrogens is 4. The van der Waals surface area contributed by atoms with E-state index >= 15 is 0 Å². The molecule has 168 valence electrons. The largest absolute Gasteiger partial charge is 0.479 e. The summed E-state index contributed by atoms with van der Waals surface area (Å²) in [6, 6.07) is 6.36. The molecule has 9 nitrogen and oxygen atoms in total. The van der Waals surface area contributed by atoms with E-state index in [1.54, 1.807) is 25.7 Å². The Morgan fingerprint density at radius 2 is 1.91 bits per heavy atom. The fraction of sp³-hybridized carbons (Fsp3) is 0.435. The lowest BCUT2D eigenvalue weighted by atomic mass is 9.86. The molecule has 1 saturated carbocycles. The molecule has 1 fully saturated rings. The van der Waals surface area contributed by atoms with Crippen molar-refractivity contribution in [3.8, 4) is 5.88 Å². The van der Waals surface area contributed by atoms with Crippen LogP contribution in [0.1, 0.15) is 31.2 Å². The van der Waals surface area contributed by atoms with Gasteiger partial charge in [0, 0.05) is 43.0 Å². The van der Waals surface area contributed by atoms with Crippen molar-refractivity contribution >= 4 is 28.5 Å². The second kappa shape index (κ2) is 10.3. The Bertz CT molecular complexity index is 1050. The molecular formula is C23H28N6O3. The maximum Gasteiger partial charge on any atom is 0.240 e. The van der Waals surface area contributed by atoms with Gasteiger partial charge in [-0.15, -0.1) is 0 Å². The average Bonchev–Trinajstić information content (AvgIpc) is 2.84. The first-order chi connectivity index (χ1) is 15.6. The van der Waals surface area contributed by atoms with Crippen molar-refractivity contribution in [1.82, 2.24) is 19.9 Å². The first kappa shape index (κ1) is 21.9. The molecule has 3 aromatic rings. The lowest BCUT2D eigenvalue weighted by Crippen LogP contribution is -2.29. The molecule has 0 radical (unpaired) electrons.